The number of rotatable bonds is 9. The fourth-order valence-corrected chi connectivity index (χ4v) is 4.10. The fourth-order valence-electron chi connectivity index (χ4n) is 4.10. The van der Waals surface area contributed by atoms with Crippen molar-refractivity contribution >= 4 is 11.6 Å². The van der Waals surface area contributed by atoms with Gasteiger partial charge in [-0.15, -0.1) is 6.58 Å². The lowest BCUT2D eigenvalue weighted by molar-refractivity contribution is -0.252. The SMILES string of the molecule is C=CCN(C)CC1CC(c2ccc(CO)cc2)OC(c2ccc(NC(=O)c3cccnc3)cc2)O1. The van der Waals surface area contributed by atoms with E-state index in [0.29, 0.717) is 11.3 Å². The number of benzene rings is 2. The van der Waals surface area contributed by atoms with Gasteiger partial charge in [-0.05, 0) is 42.4 Å². The van der Waals surface area contributed by atoms with Gasteiger partial charge >= 0.3 is 0 Å². The van der Waals surface area contributed by atoms with Crippen LogP contribution < -0.4 is 5.32 Å². The summed E-state index contributed by atoms with van der Waals surface area (Å²) in [7, 11) is 2.04. The minimum atomic E-state index is -0.545. The molecule has 2 aromatic carbocycles. The van der Waals surface area contributed by atoms with Crippen LogP contribution in [0.15, 0.2) is 85.7 Å². The summed E-state index contributed by atoms with van der Waals surface area (Å²) >= 11 is 0. The number of aromatic nitrogens is 1. The predicted octanol–water partition coefficient (Wildman–Crippen LogP) is 4.49. The zero-order valence-electron chi connectivity index (χ0n) is 19.8. The number of aliphatic hydroxyl groups excluding tert-OH is 1. The van der Waals surface area contributed by atoms with E-state index in [-0.39, 0.29) is 24.7 Å². The first-order chi connectivity index (χ1) is 17.1. The normalized spacial score (nSPS) is 19.9. The predicted molar refractivity (Wildman–Crippen MR) is 135 cm³/mol. The fraction of sp³-hybridized carbons (Fsp3) is 0.286. The Labute approximate surface area is 206 Å². The maximum atomic E-state index is 12.4. The van der Waals surface area contributed by atoms with E-state index in [1.165, 1.54) is 6.20 Å². The first-order valence-corrected chi connectivity index (χ1v) is 11.7. The van der Waals surface area contributed by atoms with E-state index in [0.717, 1.165) is 36.2 Å². The van der Waals surface area contributed by atoms with Crippen molar-refractivity contribution < 1.29 is 19.4 Å². The van der Waals surface area contributed by atoms with Crippen molar-refractivity contribution in [2.45, 2.75) is 31.5 Å². The van der Waals surface area contributed by atoms with Gasteiger partial charge in [0.05, 0.1) is 24.4 Å². The Balaban J connectivity index is 1.49. The lowest BCUT2D eigenvalue weighted by atomic mass is 9.99. The van der Waals surface area contributed by atoms with Crippen LogP contribution in [0.5, 0.6) is 0 Å². The van der Waals surface area contributed by atoms with Crippen molar-refractivity contribution in [1.29, 1.82) is 0 Å². The molecule has 0 radical (unpaired) electrons. The molecule has 3 atom stereocenters. The Hall–Kier alpha value is -3.36. The lowest BCUT2D eigenvalue weighted by Gasteiger charge is -2.37. The second-order valence-corrected chi connectivity index (χ2v) is 8.68. The van der Waals surface area contributed by atoms with Crippen molar-refractivity contribution in [3.05, 3.63) is 108 Å². The van der Waals surface area contributed by atoms with Gasteiger partial charge in [0.25, 0.3) is 5.91 Å². The molecule has 1 amide bonds. The summed E-state index contributed by atoms with van der Waals surface area (Å²) in [5.74, 6) is -0.215. The number of nitrogens with one attached hydrogen (secondary N) is 1. The van der Waals surface area contributed by atoms with E-state index in [2.05, 4.69) is 21.8 Å². The number of nitrogens with zero attached hydrogens (tertiary/aromatic N) is 2. The smallest absolute Gasteiger partial charge is 0.257 e. The zero-order chi connectivity index (χ0) is 24.6. The molecule has 0 spiro atoms. The summed E-state index contributed by atoms with van der Waals surface area (Å²) in [4.78, 5) is 18.6. The Bertz CT molecular complexity index is 1100. The molecule has 1 fully saturated rings. The van der Waals surface area contributed by atoms with Crippen LogP contribution >= 0.6 is 0 Å². The molecule has 2 N–H and O–H groups in total. The van der Waals surface area contributed by atoms with Crippen LogP contribution in [-0.2, 0) is 16.1 Å². The molecule has 182 valence electrons. The topological polar surface area (TPSA) is 83.9 Å². The van der Waals surface area contributed by atoms with Crippen LogP contribution in [0, 0.1) is 0 Å². The van der Waals surface area contributed by atoms with Crippen LogP contribution in [0.4, 0.5) is 5.69 Å². The minimum absolute atomic E-state index is 0.0101. The molecule has 1 aromatic heterocycles. The molecule has 2 heterocycles. The van der Waals surface area contributed by atoms with Gasteiger partial charge in [-0.1, -0.05) is 42.5 Å². The molecular formula is C28H31N3O4. The van der Waals surface area contributed by atoms with Gasteiger partial charge in [0, 0.05) is 43.2 Å². The molecule has 7 nitrogen and oxygen atoms in total. The van der Waals surface area contributed by atoms with E-state index in [1.54, 1.807) is 18.3 Å². The molecule has 35 heavy (non-hydrogen) atoms. The van der Waals surface area contributed by atoms with Crippen molar-refractivity contribution in [3.8, 4) is 0 Å². The molecule has 4 rings (SSSR count). The lowest BCUT2D eigenvalue weighted by Crippen LogP contribution is -2.37. The summed E-state index contributed by atoms with van der Waals surface area (Å²) in [6, 6.07) is 18.8. The van der Waals surface area contributed by atoms with Gasteiger partial charge in [-0.25, -0.2) is 0 Å². The summed E-state index contributed by atoms with van der Waals surface area (Å²) in [6.07, 6.45) is 5.03. The van der Waals surface area contributed by atoms with Gasteiger partial charge in [0.15, 0.2) is 6.29 Å². The number of carbonyl (C=O) groups is 1. The number of pyridine rings is 1. The second kappa shape index (κ2) is 11.9. The average Bonchev–Trinajstić information content (AvgIpc) is 2.89. The zero-order valence-corrected chi connectivity index (χ0v) is 19.8. The van der Waals surface area contributed by atoms with Crippen molar-refractivity contribution in [3.63, 3.8) is 0 Å². The quantitative estimate of drug-likeness (QED) is 0.446. The largest absolute Gasteiger partial charge is 0.392 e. The van der Waals surface area contributed by atoms with Crippen LogP contribution in [0.25, 0.3) is 0 Å². The van der Waals surface area contributed by atoms with E-state index >= 15 is 0 Å². The Morgan fingerprint density at radius 1 is 1.14 bits per heavy atom. The Morgan fingerprint density at radius 2 is 1.89 bits per heavy atom. The number of amides is 1. The number of likely N-dealkylation sites (N-methyl/N-ethyl adjacent to an activating group) is 1. The highest BCUT2D eigenvalue weighted by Gasteiger charge is 2.32. The van der Waals surface area contributed by atoms with E-state index in [4.69, 9.17) is 9.47 Å². The highest BCUT2D eigenvalue weighted by molar-refractivity contribution is 6.03. The molecule has 7 heteroatoms. The van der Waals surface area contributed by atoms with Gasteiger partial charge in [-0.2, -0.15) is 0 Å². The van der Waals surface area contributed by atoms with Crippen LogP contribution in [-0.4, -0.2) is 47.1 Å². The van der Waals surface area contributed by atoms with Gasteiger partial charge in [0.2, 0.25) is 0 Å². The number of aliphatic hydroxyl groups is 1. The average molecular weight is 474 g/mol. The highest BCUT2D eigenvalue weighted by atomic mass is 16.7. The molecule has 0 saturated carbocycles. The third-order valence-corrected chi connectivity index (χ3v) is 5.94. The maximum Gasteiger partial charge on any atom is 0.257 e. The van der Waals surface area contributed by atoms with Crippen LogP contribution in [0.1, 0.15) is 45.9 Å². The monoisotopic (exact) mass is 473 g/mol. The van der Waals surface area contributed by atoms with E-state index in [9.17, 15) is 9.90 Å². The number of hydrogen-bond donors (Lipinski definition) is 2. The molecule has 1 aliphatic heterocycles. The van der Waals surface area contributed by atoms with Crippen LogP contribution in [0.2, 0.25) is 0 Å². The minimum Gasteiger partial charge on any atom is -0.392 e. The van der Waals surface area contributed by atoms with E-state index < -0.39 is 6.29 Å². The first-order valence-electron chi connectivity index (χ1n) is 11.7. The number of hydrogen-bond acceptors (Lipinski definition) is 6. The van der Waals surface area contributed by atoms with Gasteiger partial charge in [0.1, 0.15) is 0 Å². The Morgan fingerprint density at radius 3 is 2.54 bits per heavy atom. The van der Waals surface area contributed by atoms with Crippen LogP contribution in [0.3, 0.4) is 0 Å². The van der Waals surface area contributed by atoms with Crippen molar-refractivity contribution in [2.24, 2.45) is 0 Å². The number of ether oxygens (including phenoxy) is 2. The van der Waals surface area contributed by atoms with Crippen molar-refractivity contribution in [2.75, 3.05) is 25.5 Å². The number of anilines is 1. The molecule has 0 aliphatic carbocycles. The third-order valence-electron chi connectivity index (χ3n) is 5.94. The highest BCUT2D eigenvalue weighted by Crippen LogP contribution is 2.38. The molecule has 3 unspecified atom stereocenters. The first kappa shape index (κ1) is 24.8. The standard InChI is InChI=1S/C28H31N3O4/c1-3-15-31(2)18-25-16-26(21-8-6-20(19-32)7-9-21)35-28(34-25)22-10-12-24(13-11-22)30-27(33)23-5-4-14-29-17-23/h3-14,17,25-26,28,32H,1,15-16,18-19H2,2H3,(H,30,33). The molecule has 1 aliphatic rings. The van der Waals surface area contributed by atoms with Gasteiger partial charge < -0.3 is 24.8 Å². The molecule has 1 saturated heterocycles. The third kappa shape index (κ3) is 6.61. The maximum absolute atomic E-state index is 12.4. The number of carbonyl (C=O) groups excluding carboxylic acids is 1. The molecule has 0 bridgehead atoms. The molecular weight excluding hydrogens is 442 g/mol. The summed E-state index contributed by atoms with van der Waals surface area (Å²) < 4.78 is 12.7. The molecule has 3 aromatic rings. The second-order valence-electron chi connectivity index (χ2n) is 8.68. The van der Waals surface area contributed by atoms with Crippen molar-refractivity contribution in [1.82, 2.24) is 9.88 Å². The summed E-state index contributed by atoms with van der Waals surface area (Å²) in [5, 5.41) is 12.3. The summed E-state index contributed by atoms with van der Waals surface area (Å²) in [5.41, 5.74) is 3.96. The van der Waals surface area contributed by atoms with Gasteiger partial charge in [-0.3, -0.25) is 9.78 Å². The van der Waals surface area contributed by atoms with E-state index in [1.807, 2.05) is 61.7 Å². The Kier molecular flexibility index (Phi) is 8.39. The summed E-state index contributed by atoms with van der Waals surface area (Å²) in [6.45, 7) is 5.35.